The van der Waals surface area contributed by atoms with Crippen molar-refractivity contribution in [2.75, 3.05) is 7.11 Å². The summed E-state index contributed by atoms with van der Waals surface area (Å²) in [5.41, 5.74) is 2.95. The number of aromatic nitrogens is 2. The van der Waals surface area contributed by atoms with E-state index >= 15 is 0 Å². The minimum Gasteiger partial charge on any atom is -0.497 e. The molecule has 4 aromatic rings. The number of nitrogens with one attached hydrogen (secondary N) is 2. The zero-order valence-corrected chi connectivity index (χ0v) is 21.5. The van der Waals surface area contributed by atoms with Gasteiger partial charge in [-0.05, 0) is 80.4 Å². The van der Waals surface area contributed by atoms with Crippen LogP contribution in [0.5, 0.6) is 17.4 Å². The number of pyridine rings is 2. The van der Waals surface area contributed by atoms with Gasteiger partial charge in [0.15, 0.2) is 4.90 Å². The number of carbonyl (C=O) groups is 1. The molecule has 190 valence electrons. The number of rotatable bonds is 7. The highest BCUT2D eigenvalue weighted by molar-refractivity contribution is 7.90. The first-order valence-electron chi connectivity index (χ1n) is 11.2. The monoisotopic (exact) mass is 519 g/mol. The number of ether oxygens (including phenoxy) is 2. The van der Waals surface area contributed by atoms with Crippen LogP contribution in [-0.2, 0) is 10.0 Å². The van der Waals surface area contributed by atoms with Crippen LogP contribution in [-0.4, -0.2) is 31.4 Å². The summed E-state index contributed by atoms with van der Waals surface area (Å²) in [6.07, 6.45) is 1.29. The Morgan fingerprint density at radius 2 is 1.65 bits per heavy atom. The Hall–Kier alpha value is -4.44. The van der Waals surface area contributed by atoms with Crippen molar-refractivity contribution >= 4 is 15.9 Å². The fourth-order valence-electron chi connectivity index (χ4n) is 3.89. The Labute approximate surface area is 214 Å². The van der Waals surface area contributed by atoms with Crippen LogP contribution in [0.25, 0.3) is 11.3 Å². The molecule has 1 amide bonds. The van der Waals surface area contributed by atoms with Crippen molar-refractivity contribution in [1.82, 2.24) is 14.7 Å². The van der Waals surface area contributed by atoms with Gasteiger partial charge in [0.1, 0.15) is 17.1 Å². The van der Waals surface area contributed by atoms with Gasteiger partial charge in [-0.15, -0.1) is 0 Å². The van der Waals surface area contributed by atoms with Crippen LogP contribution >= 0.6 is 0 Å². The molecule has 0 radical (unpaired) electrons. The molecule has 37 heavy (non-hydrogen) atoms. The van der Waals surface area contributed by atoms with Gasteiger partial charge in [0, 0.05) is 11.8 Å². The largest absolute Gasteiger partial charge is 0.497 e. The lowest BCUT2D eigenvalue weighted by atomic mass is 10.1. The van der Waals surface area contributed by atoms with E-state index in [0.29, 0.717) is 17.2 Å². The second-order valence-corrected chi connectivity index (χ2v) is 10.1. The van der Waals surface area contributed by atoms with Gasteiger partial charge in [-0.2, -0.15) is 0 Å². The van der Waals surface area contributed by atoms with Crippen molar-refractivity contribution in [1.29, 1.82) is 0 Å². The van der Waals surface area contributed by atoms with Crippen molar-refractivity contribution in [3.8, 4) is 28.6 Å². The number of H-pyrrole nitrogens is 1. The van der Waals surface area contributed by atoms with Crippen LogP contribution in [0.15, 0.2) is 76.6 Å². The van der Waals surface area contributed by atoms with Crippen molar-refractivity contribution < 1.29 is 22.7 Å². The molecule has 0 aliphatic carbocycles. The number of hydrogen-bond donors (Lipinski definition) is 2. The Morgan fingerprint density at radius 1 is 0.973 bits per heavy atom. The average molecular weight is 520 g/mol. The maximum Gasteiger partial charge on any atom is 0.270 e. The van der Waals surface area contributed by atoms with Gasteiger partial charge < -0.3 is 14.5 Å². The number of amides is 1. The number of methoxy groups -OCH3 is 1. The molecular weight excluding hydrogens is 494 g/mol. The van der Waals surface area contributed by atoms with Gasteiger partial charge in [-0.3, -0.25) is 9.59 Å². The Morgan fingerprint density at radius 3 is 2.27 bits per heavy atom. The van der Waals surface area contributed by atoms with E-state index in [9.17, 15) is 18.0 Å². The quantitative estimate of drug-likeness (QED) is 0.373. The lowest BCUT2D eigenvalue weighted by Crippen LogP contribution is -2.34. The van der Waals surface area contributed by atoms with Crippen molar-refractivity contribution in [3.05, 3.63) is 99.5 Å². The highest BCUT2D eigenvalue weighted by Crippen LogP contribution is 2.33. The van der Waals surface area contributed by atoms with E-state index in [-0.39, 0.29) is 11.4 Å². The number of aryl methyl sites for hydroxylation is 3. The third-order valence-corrected chi connectivity index (χ3v) is 6.95. The van der Waals surface area contributed by atoms with Gasteiger partial charge in [0.25, 0.3) is 21.5 Å². The summed E-state index contributed by atoms with van der Waals surface area (Å²) in [6.45, 7) is 5.70. The molecule has 0 bridgehead atoms. The van der Waals surface area contributed by atoms with E-state index in [4.69, 9.17) is 9.47 Å². The van der Waals surface area contributed by atoms with Gasteiger partial charge in [0.05, 0.1) is 12.8 Å². The first-order valence-corrected chi connectivity index (χ1v) is 12.7. The van der Waals surface area contributed by atoms with Crippen LogP contribution in [0.1, 0.15) is 27.0 Å². The Kier molecular flexibility index (Phi) is 7.12. The fraction of sp³-hybridized carbons (Fsp3) is 0.148. The summed E-state index contributed by atoms with van der Waals surface area (Å²) in [5, 5.41) is 0. The van der Waals surface area contributed by atoms with Crippen LogP contribution < -0.4 is 19.8 Å². The van der Waals surface area contributed by atoms with Gasteiger partial charge in [-0.25, -0.2) is 18.1 Å². The maximum absolute atomic E-state index is 13.2. The number of hydrogen-bond acceptors (Lipinski definition) is 7. The van der Waals surface area contributed by atoms with E-state index in [0.717, 1.165) is 28.3 Å². The summed E-state index contributed by atoms with van der Waals surface area (Å²) in [5.74, 6) is 0.0946. The Balaban J connectivity index is 1.78. The lowest BCUT2D eigenvalue weighted by Gasteiger charge is -2.16. The molecule has 2 N–H and O–H groups in total. The molecule has 0 atom stereocenters. The number of aromatic amines is 1. The molecule has 10 heteroatoms. The lowest BCUT2D eigenvalue weighted by molar-refractivity contribution is 0.0978. The summed E-state index contributed by atoms with van der Waals surface area (Å²) < 4.78 is 38.8. The molecule has 4 rings (SSSR count). The predicted octanol–water partition coefficient (Wildman–Crippen LogP) is 4.28. The topological polar surface area (TPSA) is 127 Å². The third kappa shape index (κ3) is 5.54. The van der Waals surface area contributed by atoms with E-state index in [2.05, 4.69) is 9.97 Å². The van der Waals surface area contributed by atoms with E-state index < -0.39 is 26.4 Å². The number of sulfonamides is 1. The number of nitrogens with zero attached hydrogens (tertiary/aromatic N) is 1. The fourth-order valence-corrected chi connectivity index (χ4v) is 4.91. The minimum absolute atomic E-state index is 0.0851. The number of benzene rings is 2. The molecule has 2 aromatic heterocycles. The molecule has 0 fully saturated rings. The molecule has 0 saturated heterocycles. The minimum atomic E-state index is -4.46. The molecule has 9 nitrogen and oxygen atoms in total. The van der Waals surface area contributed by atoms with Crippen LogP contribution in [0.2, 0.25) is 0 Å². The zero-order valence-electron chi connectivity index (χ0n) is 20.7. The normalized spacial score (nSPS) is 11.1. The van der Waals surface area contributed by atoms with Crippen molar-refractivity contribution in [3.63, 3.8) is 0 Å². The second-order valence-electron chi connectivity index (χ2n) is 8.41. The van der Waals surface area contributed by atoms with Crippen LogP contribution in [0, 0.1) is 20.8 Å². The molecule has 2 aromatic carbocycles. The first-order chi connectivity index (χ1) is 17.6. The zero-order chi connectivity index (χ0) is 26.7. The highest BCUT2D eigenvalue weighted by atomic mass is 32.2. The highest BCUT2D eigenvalue weighted by Gasteiger charge is 2.25. The van der Waals surface area contributed by atoms with Crippen molar-refractivity contribution in [2.45, 2.75) is 25.7 Å². The first kappa shape index (κ1) is 25.6. The Bertz CT molecular complexity index is 1620. The smallest absolute Gasteiger partial charge is 0.270 e. The van der Waals surface area contributed by atoms with Crippen LogP contribution in [0.3, 0.4) is 0 Å². The van der Waals surface area contributed by atoms with Gasteiger partial charge in [-0.1, -0.05) is 17.7 Å². The standard InChI is InChI=1S/C27H25N3O6S/c1-16-14-17(2)24(18(3)15-16)36-27-21(11-12-22(29-27)19-7-9-20(35-4)10-8-19)25(31)30-37(33,34)23-6-5-13-28-26(23)32/h5-15H,1-4H3,(H,28,32)(H,30,31). The average Bonchev–Trinajstić information content (AvgIpc) is 2.86. The summed E-state index contributed by atoms with van der Waals surface area (Å²) in [4.78, 5) is 31.4. The molecule has 0 aliphatic heterocycles. The molecule has 0 spiro atoms. The molecule has 0 aliphatic rings. The maximum atomic E-state index is 13.2. The summed E-state index contributed by atoms with van der Waals surface area (Å²) in [7, 11) is -2.89. The van der Waals surface area contributed by atoms with Crippen molar-refractivity contribution in [2.24, 2.45) is 0 Å². The third-order valence-electron chi connectivity index (χ3n) is 5.59. The van der Waals surface area contributed by atoms with E-state index in [1.807, 2.05) is 37.6 Å². The summed E-state index contributed by atoms with van der Waals surface area (Å²) >= 11 is 0. The van der Waals surface area contributed by atoms with Gasteiger partial charge >= 0.3 is 0 Å². The van der Waals surface area contributed by atoms with Crippen LogP contribution in [0.4, 0.5) is 0 Å². The van der Waals surface area contributed by atoms with Gasteiger partial charge in [0.2, 0.25) is 5.88 Å². The SMILES string of the molecule is COc1ccc(-c2ccc(C(=O)NS(=O)(=O)c3ccc[nH]c3=O)c(Oc3c(C)cc(C)cc3C)n2)cc1. The van der Waals surface area contributed by atoms with E-state index in [1.54, 1.807) is 37.4 Å². The predicted molar refractivity (Wildman–Crippen MR) is 139 cm³/mol. The molecular formula is C27H25N3O6S. The molecule has 2 heterocycles. The second kappa shape index (κ2) is 10.3. The van der Waals surface area contributed by atoms with E-state index in [1.165, 1.54) is 18.3 Å². The summed E-state index contributed by atoms with van der Waals surface area (Å²) in [6, 6.07) is 16.5. The molecule has 0 unspecified atom stereocenters. The number of carbonyl (C=O) groups excluding carboxylic acids is 1. The molecule has 0 saturated carbocycles.